The van der Waals surface area contributed by atoms with Gasteiger partial charge in [0.2, 0.25) is 0 Å². The Hall–Kier alpha value is -4.10. The van der Waals surface area contributed by atoms with Crippen LogP contribution in [0.3, 0.4) is 0 Å². The first-order chi connectivity index (χ1) is 16.4. The monoisotopic (exact) mass is 421 g/mol. The minimum atomic E-state index is 1.11. The van der Waals surface area contributed by atoms with Crippen LogP contribution in [-0.4, -0.2) is 4.57 Å². The first-order valence-corrected chi connectivity index (χ1v) is 11.7. The van der Waals surface area contributed by atoms with Crippen molar-refractivity contribution in [2.24, 2.45) is 0 Å². The highest BCUT2D eigenvalue weighted by Gasteiger charge is 2.17. The van der Waals surface area contributed by atoms with E-state index < -0.39 is 0 Å². The van der Waals surface area contributed by atoms with Crippen molar-refractivity contribution in [2.45, 2.75) is 12.8 Å². The smallest absolute Gasteiger partial charge is 0.0541 e. The second-order valence-corrected chi connectivity index (χ2v) is 8.95. The zero-order valence-corrected chi connectivity index (χ0v) is 18.3. The molecule has 0 fully saturated rings. The van der Waals surface area contributed by atoms with E-state index in [1.54, 1.807) is 0 Å². The van der Waals surface area contributed by atoms with Gasteiger partial charge in [-0.15, -0.1) is 0 Å². The summed E-state index contributed by atoms with van der Waals surface area (Å²) >= 11 is 0. The maximum Gasteiger partial charge on any atom is 0.0541 e. The molecule has 0 radical (unpaired) electrons. The van der Waals surface area contributed by atoms with Crippen LogP contribution in [0.1, 0.15) is 11.1 Å². The third-order valence-electron chi connectivity index (χ3n) is 7.10. The fourth-order valence-electron chi connectivity index (χ4n) is 5.52. The van der Waals surface area contributed by atoms with E-state index in [1.165, 1.54) is 60.9 Å². The molecule has 1 heteroatoms. The number of hydrogen-bond donors (Lipinski definition) is 0. The van der Waals surface area contributed by atoms with Crippen LogP contribution in [0.2, 0.25) is 0 Å². The lowest BCUT2D eigenvalue weighted by Crippen LogP contribution is -2.03. The quantitative estimate of drug-likeness (QED) is 0.265. The normalized spacial score (nSPS) is 12.6. The molecule has 1 nitrogen and oxygen atoms in total. The number of rotatable bonds is 2. The summed E-state index contributed by atoms with van der Waals surface area (Å²) in [5.74, 6) is 0. The third-order valence-corrected chi connectivity index (χ3v) is 7.10. The molecule has 0 N–H and O–H groups in total. The van der Waals surface area contributed by atoms with Gasteiger partial charge in [-0.05, 0) is 76.6 Å². The molecule has 0 saturated heterocycles. The minimum Gasteiger partial charge on any atom is -0.309 e. The molecule has 0 bridgehead atoms. The topological polar surface area (TPSA) is 4.93 Å². The van der Waals surface area contributed by atoms with Crippen molar-refractivity contribution < 1.29 is 0 Å². The van der Waals surface area contributed by atoms with E-state index in [4.69, 9.17) is 0 Å². The van der Waals surface area contributed by atoms with Gasteiger partial charge in [0.1, 0.15) is 0 Å². The van der Waals surface area contributed by atoms with Crippen LogP contribution >= 0.6 is 0 Å². The van der Waals surface area contributed by atoms with Gasteiger partial charge in [-0.1, -0.05) is 84.9 Å². The van der Waals surface area contributed by atoms with Crippen molar-refractivity contribution in [3.63, 3.8) is 0 Å². The van der Waals surface area contributed by atoms with E-state index in [1.807, 2.05) is 0 Å². The van der Waals surface area contributed by atoms with E-state index >= 15 is 0 Å². The van der Waals surface area contributed by atoms with Gasteiger partial charge < -0.3 is 4.57 Å². The fraction of sp³-hybridized carbons (Fsp3) is 0.0625. The van der Waals surface area contributed by atoms with Crippen LogP contribution in [-0.2, 0) is 12.8 Å². The highest BCUT2D eigenvalue weighted by Crippen LogP contribution is 2.38. The number of aromatic nitrogens is 1. The van der Waals surface area contributed by atoms with E-state index in [9.17, 15) is 0 Å². The molecule has 156 valence electrons. The van der Waals surface area contributed by atoms with Crippen LogP contribution in [0.5, 0.6) is 0 Å². The van der Waals surface area contributed by atoms with Gasteiger partial charge in [-0.3, -0.25) is 0 Å². The molecule has 0 unspecified atom stereocenters. The molecule has 1 aliphatic carbocycles. The Morgan fingerprint density at radius 1 is 0.455 bits per heavy atom. The molecule has 0 saturated carbocycles. The average Bonchev–Trinajstić information content (AvgIpc) is 3.22. The summed E-state index contributed by atoms with van der Waals surface area (Å²) in [5.41, 5.74) is 12.0. The average molecular weight is 422 g/mol. The summed E-state index contributed by atoms with van der Waals surface area (Å²) in [6, 6.07) is 42.2. The predicted molar refractivity (Wildman–Crippen MR) is 139 cm³/mol. The lowest BCUT2D eigenvalue weighted by molar-refractivity contribution is 0.942. The number of para-hydroxylation sites is 2. The van der Waals surface area contributed by atoms with Gasteiger partial charge in [0.25, 0.3) is 0 Å². The number of nitrogens with zero attached hydrogens (tertiary/aromatic N) is 1. The number of benzene rings is 5. The van der Waals surface area contributed by atoms with E-state index in [0.717, 1.165) is 12.8 Å². The van der Waals surface area contributed by atoms with E-state index in [2.05, 4.69) is 120 Å². The maximum atomic E-state index is 2.41. The molecule has 0 spiro atoms. The molecule has 1 aromatic heterocycles. The molecule has 33 heavy (non-hydrogen) atoms. The molecule has 7 rings (SSSR count). The van der Waals surface area contributed by atoms with Gasteiger partial charge >= 0.3 is 0 Å². The summed E-state index contributed by atoms with van der Waals surface area (Å²) in [7, 11) is 0. The summed E-state index contributed by atoms with van der Waals surface area (Å²) in [4.78, 5) is 0. The molecular weight excluding hydrogens is 398 g/mol. The second-order valence-electron chi connectivity index (χ2n) is 8.95. The maximum absolute atomic E-state index is 2.41. The fourth-order valence-corrected chi connectivity index (χ4v) is 5.52. The summed E-state index contributed by atoms with van der Waals surface area (Å²) in [6.45, 7) is 0. The van der Waals surface area contributed by atoms with Crippen LogP contribution in [0.4, 0.5) is 0 Å². The summed E-state index contributed by atoms with van der Waals surface area (Å²) < 4.78 is 2.37. The lowest BCUT2D eigenvalue weighted by atomic mass is 9.84. The Morgan fingerprint density at radius 2 is 1.12 bits per heavy atom. The Labute approximate surface area is 193 Å². The second kappa shape index (κ2) is 7.21. The van der Waals surface area contributed by atoms with Gasteiger partial charge in [0.15, 0.2) is 0 Å². The number of fused-ring (bicyclic) bond motifs is 6. The summed E-state index contributed by atoms with van der Waals surface area (Å²) in [6.07, 6.45) is 2.23. The molecule has 1 heterocycles. The minimum absolute atomic E-state index is 1.11. The Morgan fingerprint density at radius 3 is 2.06 bits per heavy atom. The first-order valence-electron chi connectivity index (χ1n) is 11.7. The van der Waals surface area contributed by atoms with Crippen LogP contribution in [0.15, 0.2) is 115 Å². The Bertz CT molecular complexity index is 1650. The third kappa shape index (κ3) is 2.86. The van der Waals surface area contributed by atoms with Crippen LogP contribution in [0, 0.1) is 0 Å². The zero-order chi connectivity index (χ0) is 21.8. The highest BCUT2D eigenvalue weighted by molar-refractivity contribution is 6.10. The molecular formula is C32H23N. The summed E-state index contributed by atoms with van der Waals surface area (Å²) in [5, 5.41) is 2.60. The molecule has 0 atom stereocenters. The van der Waals surface area contributed by atoms with Crippen molar-refractivity contribution in [2.75, 3.05) is 0 Å². The zero-order valence-electron chi connectivity index (χ0n) is 18.3. The van der Waals surface area contributed by atoms with Crippen molar-refractivity contribution in [3.05, 3.63) is 126 Å². The van der Waals surface area contributed by atoms with Crippen molar-refractivity contribution >= 4 is 21.8 Å². The molecule has 0 amide bonds. The van der Waals surface area contributed by atoms with Crippen molar-refractivity contribution in [1.29, 1.82) is 0 Å². The predicted octanol–water partition coefficient (Wildman–Crippen LogP) is 8.22. The van der Waals surface area contributed by atoms with Gasteiger partial charge in [0.05, 0.1) is 11.0 Å². The first kappa shape index (κ1) is 18.5. The molecule has 0 aliphatic heterocycles. The largest absolute Gasteiger partial charge is 0.309 e. The van der Waals surface area contributed by atoms with Crippen LogP contribution in [0.25, 0.3) is 49.7 Å². The highest BCUT2D eigenvalue weighted by atomic mass is 15.0. The van der Waals surface area contributed by atoms with Crippen molar-refractivity contribution in [1.82, 2.24) is 4.57 Å². The van der Waals surface area contributed by atoms with E-state index in [0.29, 0.717) is 0 Å². The Kier molecular flexibility index (Phi) is 4.04. The van der Waals surface area contributed by atoms with Gasteiger partial charge in [-0.25, -0.2) is 0 Å². The van der Waals surface area contributed by atoms with Gasteiger partial charge in [-0.2, -0.15) is 0 Å². The number of hydrogen-bond acceptors (Lipinski definition) is 0. The SMILES string of the molecule is c1ccc(-n2c3ccccc3c3cc(-c4ccc5c(c4)CCc4ccccc4-5)ccc32)cc1. The molecule has 1 aliphatic rings. The van der Waals surface area contributed by atoms with E-state index in [-0.39, 0.29) is 0 Å². The van der Waals surface area contributed by atoms with Gasteiger partial charge in [0, 0.05) is 16.5 Å². The molecule has 5 aromatic carbocycles. The van der Waals surface area contributed by atoms with Crippen molar-refractivity contribution in [3.8, 4) is 27.9 Å². The standard InChI is InChI=1S/C32H23N/c1-2-9-26(10-3-1)33-31-13-7-6-12-29(31)30-21-24(17-19-32(30)33)23-16-18-28-25(20-23)15-14-22-8-4-5-11-27(22)28/h1-13,16-21H,14-15H2. The molecule has 6 aromatic rings. The Balaban J connectivity index is 1.41. The lowest BCUT2D eigenvalue weighted by Gasteiger charge is -2.20. The van der Waals surface area contributed by atoms with Crippen LogP contribution < -0.4 is 0 Å². The number of aryl methyl sites for hydroxylation is 2.